The minimum atomic E-state index is -0.679. The summed E-state index contributed by atoms with van der Waals surface area (Å²) in [7, 11) is 0. The van der Waals surface area contributed by atoms with E-state index < -0.39 is 18.5 Å². The van der Waals surface area contributed by atoms with Crippen LogP contribution in [0.15, 0.2) is 42.5 Å². The van der Waals surface area contributed by atoms with Crippen LogP contribution >= 0.6 is 23.2 Å². The summed E-state index contributed by atoms with van der Waals surface area (Å²) < 4.78 is 4.94. The van der Waals surface area contributed by atoms with Gasteiger partial charge in [0.15, 0.2) is 6.61 Å². The molecule has 0 unspecified atom stereocenters. The van der Waals surface area contributed by atoms with Crippen molar-refractivity contribution in [3.8, 4) is 0 Å². The number of carbonyl (C=O) groups is 2. The second-order valence-corrected chi connectivity index (χ2v) is 5.41. The number of anilines is 1. The van der Waals surface area contributed by atoms with Crippen LogP contribution in [-0.2, 0) is 9.53 Å². The van der Waals surface area contributed by atoms with E-state index in [0.29, 0.717) is 10.7 Å². The summed E-state index contributed by atoms with van der Waals surface area (Å²) in [4.78, 5) is 23.7. The summed E-state index contributed by atoms with van der Waals surface area (Å²) in [6.07, 6.45) is 0. The molecule has 0 aromatic heterocycles. The lowest BCUT2D eigenvalue weighted by atomic mass is 10.2. The summed E-state index contributed by atoms with van der Waals surface area (Å²) in [5.41, 5.74) is 1.76. The molecule has 1 amide bonds. The fraction of sp³-hybridized carbons (Fsp3) is 0.125. The normalized spacial score (nSPS) is 10.1. The average Bonchev–Trinajstić information content (AvgIpc) is 2.47. The maximum Gasteiger partial charge on any atom is 0.340 e. The number of aryl methyl sites for hydroxylation is 1. The number of carbonyl (C=O) groups excluding carboxylic acids is 2. The van der Waals surface area contributed by atoms with Gasteiger partial charge in [0.05, 0.1) is 10.6 Å². The first-order valence-electron chi connectivity index (χ1n) is 6.45. The molecule has 0 aliphatic carbocycles. The lowest BCUT2D eigenvalue weighted by Gasteiger charge is -2.09. The Morgan fingerprint density at radius 1 is 1.14 bits per heavy atom. The van der Waals surface area contributed by atoms with Gasteiger partial charge in [0.1, 0.15) is 0 Å². The molecule has 2 rings (SSSR count). The highest BCUT2D eigenvalue weighted by Gasteiger charge is 2.14. The summed E-state index contributed by atoms with van der Waals surface area (Å²) >= 11 is 11.7. The summed E-state index contributed by atoms with van der Waals surface area (Å²) in [5.74, 6) is -1.10. The van der Waals surface area contributed by atoms with Crippen molar-refractivity contribution >= 4 is 40.8 Å². The van der Waals surface area contributed by atoms with Gasteiger partial charge in [-0.1, -0.05) is 41.4 Å². The maximum absolute atomic E-state index is 11.9. The van der Waals surface area contributed by atoms with Gasteiger partial charge in [0.25, 0.3) is 5.91 Å². The number of halogens is 2. The molecule has 0 fully saturated rings. The van der Waals surface area contributed by atoms with E-state index >= 15 is 0 Å². The molecule has 0 radical (unpaired) electrons. The molecule has 6 heteroatoms. The van der Waals surface area contributed by atoms with Crippen molar-refractivity contribution in [2.75, 3.05) is 11.9 Å². The van der Waals surface area contributed by atoms with Crippen LogP contribution in [0.5, 0.6) is 0 Å². The highest BCUT2D eigenvalue weighted by Crippen LogP contribution is 2.21. The summed E-state index contributed by atoms with van der Waals surface area (Å²) in [5, 5.41) is 3.26. The Labute approximate surface area is 138 Å². The number of nitrogens with one attached hydrogen (secondary N) is 1. The van der Waals surface area contributed by atoms with Crippen molar-refractivity contribution in [2.24, 2.45) is 0 Å². The van der Waals surface area contributed by atoms with Gasteiger partial charge >= 0.3 is 5.97 Å². The quantitative estimate of drug-likeness (QED) is 0.854. The van der Waals surface area contributed by atoms with Crippen LogP contribution in [0.3, 0.4) is 0 Å². The van der Waals surface area contributed by atoms with Crippen LogP contribution in [0, 0.1) is 6.92 Å². The minimum Gasteiger partial charge on any atom is -0.452 e. The van der Waals surface area contributed by atoms with Crippen molar-refractivity contribution in [1.29, 1.82) is 0 Å². The van der Waals surface area contributed by atoms with E-state index in [1.807, 2.05) is 25.1 Å². The van der Waals surface area contributed by atoms with Gasteiger partial charge in [-0.25, -0.2) is 4.79 Å². The Kier molecular flexibility index (Phi) is 5.41. The molecule has 1 N–H and O–H groups in total. The lowest BCUT2D eigenvalue weighted by Crippen LogP contribution is -2.21. The third-order valence-electron chi connectivity index (χ3n) is 2.90. The molecule has 114 valence electrons. The first kappa shape index (κ1) is 16.3. The largest absolute Gasteiger partial charge is 0.452 e. The van der Waals surface area contributed by atoms with E-state index in [1.54, 1.807) is 6.07 Å². The number of hydrogen-bond acceptors (Lipinski definition) is 3. The zero-order valence-electron chi connectivity index (χ0n) is 11.7. The van der Waals surface area contributed by atoms with Crippen LogP contribution in [-0.4, -0.2) is 18.5 Å². The molecular weight excluding hydrogens is 325 g/mol. The number of para-hydroxylation sites is 1. The van der Waals surface area contributed by atoms with Crippen molar-refractivity contribution in [2.45, 2.75) is 6.92 Å². The van der Waals surface area contributed by atoms with Crippen LogP contribution in [0.2, 0.25) is 10.0 Å². The number of rotatable bonds is 4. The van der Waals surface area contributed by atoms with Gasteiger partial charge in [-0.15, -0.1) is 0 Å². The fourth-order valence-electron chi connectivity index (χ4n) is 1.76. The van der Waals surface area contributed by atoms with E-state index in [1.165, 1.54) is 18.2 Å². The van der Waals surface area contributed by atoms with Crippen LogP contribution < -0.4 is 5.32 Å². The number of ether oxygens (including phenoxy) is 1. The molecule has 0 heterocycles. The van der Waals surface area contributed by atoms with Gasteiger partial charge in [-0.3, -0.25) is 4.79 Å². The van der Waals surface area contributed by atoms with Gasteiger partial charge in [-0.2, -0.15) is 0 Å². The molecule has 0 bridgehead atoms. The predicted molar refractivity (Wildman–Crippen MR) is 86.6 cm³/mol. The number of amides is 1. The molecule has 0 atom stereocenters. The fourth-order valence-corrected chi connectivity index (χ4v) is 2.25. The molecule has 0 saturated carbocycles. The molecule has 0 spiro atoms. The average molecular weight is 338 g/mol. The highest BCUT2D eigenvalue weighted by molar-refractivity contribution is 6.36. The van der Waals surface area contributed by atoms with Crippen LogP contribution in [0.4, 0.5) is 5.69 Å². The first-order chi connectivity index (χ1) is 10.5. The van der Waals surface area contributed by atoms with Gasteiger partial charge < -0.3 is 10.1 Å². The molecule has 0 aliphatic heterocycles. The van der Waals surface area contributed by atoms with Gasteiger partial charge in [-0.05, 0) is 36.8 Å². The van der Waals surface area contributed by atoms with Crippen LogP contribution in [0.25, 0.3) is 0 Å². The Morgan fingerprint density at radius 3 is 2.55 bits per heavy atom. The molecule has 0 saturated heterocycles. The summed E-state index contributed by atoms with van der Waals surface area (Å²) in [6.45, 7) is 1.47. The van der Waals surface area contributed by atoms with Crippen LogP contribution in [0.1, 0.15) is 15.9 Å². The molecular formula is C16H13Cl2NO3. The van der Waals surface area contributed by atoms with Crippen molar-refractivity contribution in [1.82, 2.24) is 0 Å². The molecule has 0 aliphatic rings. The maximum atomic E-state index is 11.9. The van der Waals surface area contributed by atoms with Crippen molar-refractivity contribution in [3.63, 3.8) is 0 Å². The first-order valence-corrected chi connectivity index (χ1v) is 7.20. The molecule has 4 nitrogen and oxygen atoms in total. The van der Waals surface area contributed by atoms with E-state index in [4.69, 9.17) is 27.9 Å². The molecule has 2 aromatic rings. The zero-order valence-corrected chi connectivity index (χ0v) is 13.2. The van der Waals surface area contributed by atoms with Crippen molar-refractivity contribution < 1.29 is 14.3 Å². The zero-order chi connectivity index (χ0) is 16.1. The third kappa shape index (κ3) is 4.23. The number of benzene rings is 2. The highest BCUT2D eigenvalue weighted by atomic mass is 35.5. The summed E-state index contributed by atoms with van der Waals surface area (Å²) in [6, 6.07) is 11.7. The predicted octanol–water partition coefficient (Wildman–Crippen LogP) is 4.10. The standard InChI is InChI=1S/C16H13Cl2NO3/c1-10-4-2-3-5-14(10)19-15(20)9-22-16(21)12-7-6-11(17)8-13(12)18/h2-8H,9H2,1H3,(H,19,20). The molecule has 2 aromatic carbocycles. The Morgan fingerprint density at radius 2 is 1.86 bits per heavy atom. The molecule has 22 heavy (non-hydrogen) atoms. The Bertz CT molecular complexity index is 716. The number of hydrogen-bond donors (Lipinski definition) is 1. The van der Waals surface area contributed by atoms with E-state index in [0.717, 1.165) is 5.56 Å². The van der Waals surface area contributed by atoms with Gasteiger partial charge in [0, 0.05) is 10.7 Å². The minimum absolute atomic E-state index is 0.162. The number of esters is 1. The van der Waals surface area contributed by atoms with Gasteiger partial charge in [0.2, 0.25) is 0 Å². The lowest BCUT2D eigenvalue weighted by molar-refractivity contribution is -0.119. The van der Waals surface area contributed by atoms with E-state index in [2.05, 4.69) is 5.32 Å². The van der Waals surface area contributed by atoms with E-state index in [9.17, 15) is 9.59 Å². The second-order valence-electron chi connectivity index (χ2n) is 4.56. The monoisotopic (exact) mass is 337 g/mol. The second kappa shape index (κ2) is 7.29. The van der Waals surface area contributed by atoms with E-state index in [-0.39, 0.29) is 10.6 Å². The SMILES string of the molecule is Cc1ccccc1NC(=O)COC(=O)c1ccc(Cl)cc1Cl. The smallest absolute Gasteiger partial charge is 0.340 e. The van der Waals surface area contributed by atoms with Crippen molar-refractivity contribution in [3.05, 3.63) is 63.6 Å². The Hall–Kier alpha value is -2.04. The Balaban J connectivity index is 1.93. The topological polar surface area (TPSA) is 55.4 Å². The third-order valence-corrected chi connectivity index (χ3v) is 3.45.